The van der Waals surface area contributed by atoms with Crippen LogP contribution in [0, 0.1) is 17.5 Å². The van der Waals surface area contributed by atoms with Crippen LogP contribution >= 0.6 is 0 Å². The molecule has 0 bridgehead atoms. The van der Waals surface area contributed by atoms with E-state index in [1.165, 1.54) is 19.2 Å². The molecule has 0 aliphatic carbocycles. The Balaban J connectivity index is 1.96. The molecule has 8 heteroatoms. The SMILES string of the molecule is COc1ccc(C(=O)OCC(=O)Nc2c(F)cccc2F)cc1F. The van der Waals surface area contributed by atoms with Gasteiger partial charge in [-0.3, -0.25) is 4.79 Å². The first kappa shape index (κ1) is 17.3. The van der Waals surface area contributed by atoms with Crippen molar-refractivity contribution >= 4 is 17.6 Å². The highest BCUT2D eigenvalue weighted by molar-refractivity contribution is 5.95. The molecule has 0 aliphatic heterocycles. The Morgan fingerprint density at radius 2 is 1.71 bits per heavy atom. The Hall–Kier alpha value is -3.03. The molecule has 5 nitrogen and oxygen atoms in total. The summed E-state index contributed by atoms with van der Waals surface area (Å²) < 4.78 is 49.6. The molecule has 0 heterocycles. The smallest absolute Gasteiger partial charge is 0.338 e. The van der Waals surface area contributed by atoms with E-state index in [0.29, 0.717) is 0 Å². The zero-order valence-corrected chi connectivity index (χ0v) is 12.4. The maximum atomic E-state index is 13.5. The van der Waals surface area contributed by atoms with Gasteiger partial charge in [0.2, 0.25) is 0 Å². The number of nitrogens with one attached hydrogen (secondary N) is 1. The number of methoxy groups -OCH3 is 1. The van der Waals surface area contributed by atoms with E-state index in [2.05, 4.69) is 4.74 Å². The van der Waals surface area contributed by atoms with Gasteiger partial charge in [-0.05, 0) is 30.3 Å². The average Bonchev–Trinajstić information content (AvgIpc) is 2.56. The second-order valence-electron chi connectivity index (χ2n) is 4.57. The third-order valence-electron chi connectivity index (χ3n) is 2.95. The van der Waals surface area contributed by atoms with E-state index < -0.39 is 41.6 Å². The Labute approximate surface area is 135 Å². The molecule has 0 saturated carbocycles. The zero-order chi connectivity index (χ0) is 17.7. The number of benzene rings is 2. The van der Waals surface area contributed by atoms with Crippen LogP contribution in [0.1, 0.15) is 10.4 Å². The minimum atomic E-state index is -0.972. The maximum Gasteiger partial charge on any atom is 0.338 e. The number of rotatable bonds is 5. The van der Waals surface area contributed by atoms with E-state index in [4.69, 9.17) is 4.74 Å². The van der Waals surface area contributed by atoms with E-state index in [0.717, 1.165) is 24.3 Å². The van der Waals surface area contributed by atoms with Gasteiger partial charge < -0.3 is 14.8 Å². The number of anilines is 1. The lowest BCUT2D eigenvalue weighted by molar-refractivity contribution is -0.119. The third-order valence-corrected chi connectivity index (χ3v) is 2.95. The van der Waals surface area contributed by atoms with Crippen molar-refractivity contribution in [2.24, 2.45) is 0 Å². The minimum Gasteiger partial charge on any atom is -0.494 e. The van der Waals surface area contributed by atoms with Crippen LogP contribution in [0.25, 0.3) is 0 Å². The van der Waals surface area contributed by atoms with Gasteiger partial charge in [-0.15, -0.1) is 0 Å². The molecule has 1 N–H and O–H groups in total. The van der Waals surface area contributed by atoms with Crippen molar-refractivity contribution in [1.82, 2.24) is 0 Å². The molecule has 126 valence electrons. The first-order valence-electron chi connectivity index (χ1n) is 6.67. The molecule has 2 aromatic carbocycles. The van der Waals surface area contributed by atoms with Gasteiger partial charge in [0.25, 0.3) is 5.91 Å². The Bertz CT molecular complexity index is 760. The van der Waals surface area contributed by atoms with E-state index in [1.807, 2.05) is 5.32 Å². The van der Waals surface area contributed by atoms with Gasteiger partial charge in [-0.2, -0.15) is 0 Å². The lowest BCUT2D eigenvalue weighted by atomic mass is 10.2. The molecule has 0 unspecified atom stereocenters. The first-order valence-corrected chi connectivity index (χ1v) is 6.67. The number of carbonyl (C=O) groups is 2. The molecule has 0 aliphatic rings. The highest BCUT2D eigenvalue weighted by Crippen LogP contribution is 2.19. The van der Waals surface area contributed by atoms with Crippen LogP contribution in [0.15, 0.2) is 36.4 Å². The molecule has 0 aromatic heterocycles. The van der Waals surface area contributed by atoms with Crippen molar-refractivity contribution < 1.29 is 32.2 Å². The number of esters is 1. The van der Waals surface area contributed by atoms with Crippen LogP contribution in [-0.4, -0.2) is 25.6 Å². The molecule has 0 radical (unpaired) electrons. The number of hydrogen-bond acceptors (Lipinski definition) is 4. The largest absolute Gasteiger partial charge is 0.494 e. The van der Waals surface area contributed by atoms with Crippen LogP contribution in [0.2, 0.25) is 0 Å². The predicted molar refractivity (Wildman–Crippen MR) is 78.2 cm³/mol. The summed E-state index contributed by atoms with van der Waals surface area (Å²) in [6.07, 6.45) is 0. The summed E-state index contributed by atoms with van der Waals surface area (Å²) in [5, 5.41) is 1.95. The first-order chi connectivity index (χ1) is 11.4. The molecule has 1 amide bonds. The summed E-state index contributed by atoms with van der Waals surface area (Å²) in [6.45, 7) is -0.791. The highest BCUT2D eigenvalue weighted by atomic mass is 19.1. The van der Waals surface area contributed by atoms with Gasteiger partial charge in [0.05, 0.1) is 12.7 Å². The Morgan fingerprint density at radius 3 is 2.29 bits per heavy atom. The Morgan fingerprint density at radius 1 is 1.04 bits per heavy atom. The van der Waals surface area contributed by atoms with Crippen LogP contribution < -0.4 is 10.1 Å². The Kier molecular flexibility index (Phi) is 5.41. The van der Waals surface area contributed by atoms with Gasteiger partial charge in [-0.1, -0.05) is 6.07 Å². The van der Waals surface area contributed by atoms with Gasteiger partial charge in [0.1, 0.15) is 17.3 Å². The standard InChI is InChI=1S/C16H12F3NO4/c1-23-13-6-5-9(7-12(13)19)16(22)24-8-14(21)20-15-10(17)3-2-4-11(15)18/h2-7H,8H2,1H3,(H,20,21). The number of ether oxygens (including phenoxy) is 2. The van der Waals surface area contributed by atoms with Gasteiger partial charge in [0, 0.05) is 0 Å². The molecular formula is C16H12F3NO4. The normalized spacial score (nSPS) is 10.2. The molecule has 2 rings (SSSR count). The molecular weight excluding hydrogens is 327 g/mol. The number of carbonyl (C=O) groups excluding carboxylic acids is 2. The fraction of sp³-hybridized carbons (Fsp3) is 0.125. The molecule has 0 atom stereocenters. The average molecular weight is 339 g/mol. The second kappa shape index (κ2) is 7.49. The summed E-state index contributed by atoms with van der Waals surface area (Å²) in [7, 11) is 1.27. The van der Waals surface area contributed by atoms with E-state index >= 15 is 0 Å². The van der Waals surface area contributed by atoms with Crippen LogP contribution in [-0.2, 0) is 9.53 Å². The zero-order valence-electron chi connectivity index (χ0n) is 12.4. The predicted octanol–water partition coefficient (Wildman–Crippen LogP) is 2.91. The topological polar surface area (TPSA) is 64.6 Å². The van der Waals surface area contributed by atoms with Crippen molar-refractivity contribution in [3.63, 3.8) is 0 Å². The monoisotopic (exact) mass is 339 g/mol. The van der Waals surface area contributed by atoms with Crippen molar-refractivity contribution in [3.8, 4) is 5.75 Å². The van der Waals surface area contributed by atoms with E-state index in [-0.39, 0.29) is 11.3 Å². The summed E-state index contributed by atoms with van der Waals surface area (Å²) in [4.78, 5) is 23.3. The van der Waals surface area contributed by atoms with Gasteiger partial charge in [-0.25, -0.2) is 18.0 Å². The quantitative estimate of drug-likeness (QED) is 0.851. The van der Waals surface area contributed by atoms with Crippen molar-refractivity contribution in [3.05, 3.63) is 59.4 Å². The number of hydrogen-bond donors (Lipinski definition) is 1. The minimum absolute atomic E-state index is 0.0562. The lowest BCUT2D eigenvalue weighted by Crippen LogP contribution is -2.22. The second-order valence-corrected chi connectivity index (χ2v) is 4.57. The number of para-hydroxylation sites is 1. The van der Waals surface area contributed by atoms with E-state index in [9.17, 15) is 22.8 Å². The highest BCUT2D eigenvalue weighted by Gasteiger charge is 2.15. The molecule has 24 heavy (non-hydrogen) atoms. The maximum absolute atomic E-state index is 13.5. The van der Waals surface area contributed by atoms with Crippen LogP contribution in [0.3, 0.4) is 0 Å². The molecule has 0 spiro atoms. The molecule has 0 saturated heterocycles. The summed E-state index contributed by atoms with van der Waals surface area (Å²) in [5.74, 6) is -4.68. The summed E-state index contributed by atoms with van der Waals surface area (Å²) in [5.41, 5.74) is -0.785. The van der Waals surface area contributed by atoms with Crippen LogP contribution in [0.5, 0.6) is 5.75 Å². The number of halogens is 3. The van der Waals surface area contributed by atoms with Crippen molar-refractivity contribution in [2.45, 2.75) is 0 Å². The third kappa shape index (κ3) is 4.03. The van der Waals surface area contributed by atoms with Gasteiger partial charge >= 0.3 is 5.97 Å². The van der Waals surface area contributed by atoms with Crippen LogP contribution in [0.4, 0.5) is 18.9 Å². The van der Waals surface area contributed by atoms with Crippen molar-refractivity contribution in [2.75, 3.05) is 19.0 Å². The summed E-state index contributed by atoms with van der Waals surface area (Å²) >= 11 is 0. The lowest BCUT2D eigenvalue weighted by Gasteiger charge is -2.09. The van der Waals surface area contributed by atoms with E-state index in [1.54, 1.807) is 0 Å². The van der Waals surface area contributed by atoms with Gasteiger partial charge in [0.15, 0.2) is 18.2 Å². The molecule has 2 aromatic rings. The fourth-order valence-electron chi connectivity index (χ4n) is 1.80. The molecule has 0 fully saturated rings. The number of amides is 1. The summed E-state index contributed by atoms with van der Waals surface area (Å²) in [6, 6.07) is 6.42. The van der Waals surface area contributed by atoms with Crippen molar-refractivity contribution in [1.29, 1.82) is 0 Å². The fourth-order valence-corrected chi connectivity index (χ4v) is 1.80.